The Labute approximate surface area is 107 Å². The third-order valence-electron chi connectivity index (χ3n) is 3.68. The van der Waals surface area contributed by atoms with Gasteiger partial charge in [-0.15, -0.1) is 0 Å². The quantitative estimate of drug-likeness (QED) is 0.828. The van der Waals surface area contributed by atoms with Gasteiger partial charge in [0.15, 0.2) is 0 Å². The zero-order valence-electron chi connectivity index (χ0n) is 10.8. The molecule has 0 amide bonds. The summed E-state index contributed by atoms with van der Waals surface area (Å²) in [5.74, 6) is 0.137. The van der Waals surface area contributed by atoms with E-state index in [1.54, 1.807) is 12.5 Å². The molecule has 0 radical (unpaired) electrons. The molecule has 18 heavy (non-hydrogen) atoms. The topological polar surface area (TPSA) is 70.1 Å². The Morgan fingerprint density at radius 3 is 3.06 bits per heavy atom. The van der Waals surface area contributed by atoms with Gasteiger partial charge in [-0.3, -0.25) is 0 Å². The van der Waals surface area contributed by atoms with Gasteiger partial charge >= 0.3 is 5.97 Å². The highest BCUT2D eigenvalue weighted by molar-refractivity contribution is 5.87. The molecular formula is C13H21N3O2. The number of rotatable bonds is 4. The van der Waals surface area contributed by atoms with E-state index < -0.39 is 0 Å². The average Bonchev–Trinajstić information content (AvgIpc) is 2.88. The number of imidazole rings is 1. The maximum Gasteiger partial charge on any atom is 0.356 e. The molecule has 1 aromatic heterocycles. The number of hydrogen-bond donors (Lipinski definition) is 1. The lowest BCUT2D eigenvalue weighted by Gasteiger charge is -2.32. The molecule has 0 saturated heterocycles. The molecule has 1 aliphatic rings. The Bertz CT molecular complexity index is 403. The summed E-state index contributed by atoms with van der Waals surface area (Å²) in [4.78, 5) is 15.9. The normalized spacial score (nSPS) is 23.9. The second-order valence-electron chi connectivity index (χ2n) is 4.75. The Morgan fingerprint density at radius 1 is 1.56 bits per heavy atom. The summed E-state index contributed by atoms with van der Waals surface area (Å²) in [7, 11) is 0. The summed E-state index contributed by atoms with van der Waals surface area (Å²) in [5.41, 5.74) is 6.38. The zero-order valence-corrected chi connectivity index (χ0v) is 10.8. The molecule has 1 saturated carbocycles. The highest BCUT2D eigenvalue weighted by Crippen LogP contribution is 2.34. The van der Waals surface area contributed by atoms with E-state index in [0.717, 1.165) is 12.8 Å². The molecule has 0 spiro atoms. The van der Waals surface area contributed by atoms with E-state index in [1.807, 2.05) is 11.5 Å². The predicted octanol–water partition coefficient (Wildman–Crippen LogP) is 1.75. The van der Waals surface area contributed by atoms with Crippen molar-refractivity contribution in [1.29, 1.82) is 0 Å². The highest BCUT2D eigenvalue weighted by Gasteiger charge is 2.28. The van der Waals surface area contributed by atoms with Crippen LogP contribution in [0.4, 0.5) is 0 Å². The zero-order chi connectivity index (χ0) is 13.0. The minimum Gasteiger partial charge on any atom is -0.461 e. The minimum absolute atomic E-state index is 0.283. The monoisotopic (exact) mass is 251 g/mol. The van der Waals surface area contributed by atoms with Crippen molar-refractivity contribution in [1.82, 2.24) is 9.55 Å². The molecule has 1 heterocycles. The predicted molar refractivity (Wildman–Crippen MR) is 68.2 cm³/mol. The van der Waals surface area contributed by atoms with Gasteiger partial charge in [0.1, 0.15) is 5.69 Å². The number of esters is 1. The lowest BCUT2D eigenvalue weighted by Crippen LogP contribution is -2.30. The molecular weight excluding hydrogens is 230 g/mol. The number of ether oxygens (including phenoxy) is 1. The average molecular weight is 251 g/mol. The maximum absolute atomic E-state index is 11.8. The first kappa shape index (κ1) is 13.1. The van der Waals surface area contributed by atoms with E-state index in [1.165, 1.54) is 12.8 Å². The van der Waals surface area contributed by atoms with Gasteiger partial charge < -0.3 is 15.0 Å². The number of nitrogens with zero attached hydrogens (tertiary/aromatic N) is 2. The molecule has 2 unspecified atom stereocenters. The van der Waals surface area contributed by atoms with Crippen LogP contribution in [0.2, 0.25) is 0 Å². The molecule has 0 aromatic carbocycles. The van der Waals surface area contributed by atoms with Crippen LogP contribution < -0.4 is 5.73 Å². The van der Waals surface area contributed by atoms with Gasteiger partial charge in [-0.25, -0.2) is 9.78 Å². The van der Waals surface area contributed by atoms with Crippen molar-refractivity contribution in [2.24, 2.45) is 11.7 Å². The van der Waals surface area contributed by atoms with E-state index in [0.29, 0.717) is 24.8 Å². The van der Waals surface area contributed by atoms with Crippen LogP contribution in [0.1, 0.15) is 49.1 Å². The standard InChI is InChI=1S/C13H21N3O2/c1-2-18-13(17)12-8-15-9-16(12)11-6-4-3-5-10(11)7-14/h8-11H,2-7,14H2,1H3. The van der Waals surface area contributed by atoms with Crippen molar-refractivity contribution in [2.45, 2.75) is 38.6 Å². The number of nitrogens with two attached hydrogens (primary N) is 1. The van der Waals surface area contributed by atoms with Crippen molar-refractivity contribution in [2.75, 3.05) is 13.2 Å². The fraction of sp³-hybridized carbons (Fsp3) is 0.692. The molecule has 5 heteroatoms. The Balaban J connectivity index is 2.21. The smallest absolute Gasteiger partial charge is 0.356 e. The van der Waals surface area contributed by atoms with Crippen LogP contribution in [0.3, 0.4) is 0 Å². The molecule has 2 N–H and O–H groups in total. The first-order valence-corrected chi connectivity index (χ1v) is 6.67. The second-order valence-corrected chi connectivity index (χ2v) is 4.75. The number of carbonyl (C=O) groups excluding carboxylic acids is 1. The van der Waals surface area contributed by atoms with Crippen LogP contribution >= 0.6 is 0 Å². The van der Waals surface area contributed by atoms with Gasteiger partial charge in [0, 0.05) is 6.04 Å². The van der Waals surface area contributed by atoms with Crippen molar-refractivity contribution in [3.05, 3.63) is 18.2 Å². The van der Waals surface area contributed by atoms with Gasteiger partial charge in [-0.1, -0.05) is 12.8 Å². The molecule has 2 rings (SSSR count). The van der Waals surface area contributed by atoms with Crippen molar-refractivity contribution >= 4 is 5.97 Å². The summed E-state index contributed by atoms with van der Waals surface area (Å²) >= 11 is 0. The van der Waals surface area contributed by atoms with Crippen LogP contribution in [0.25, 0.3) is 0 Å². The molecule has 2 atom stereocenters. The fourth-order valence-corrected chi connectivity index (χ4v) is 2.76. The maximum atomic E-state index is 11.8. The third kappa shape index (κ3) is 2.56. The van der Waals surface area contributed by atoms with E-state index in [2.05, 4.69) is 4.98 Å². The lowest BCUT2D eigenvalue weighted by atomic mass is 9.84. The largest absolute Gasteiger partial charge is 0.461 e. The second kappa shape index (κ2) is 6.00. The van der Waals surface area contributed by atoms with Crippen molar-refractivity contribution in [3.8, 4) is 0 Å². The fourth-order valence-electron chi connectivity index (χ4n) is 2.76. The minimum atomic E-state index is -0.295. The molecule has 100 valence electrons. The SMILES string of the molecule is CCOC(=O)c1cncn1C1CCCCC1CN. The lowest BCUT2D eigenvalue weighted by molar-refractivity contribution is 0.0506. The van der Waals surface area contributed by atoms with Crippen LogP contribution in [0.5, 0.6) is 0 Å². The van der Waals surface area contributed by atoms with Gasteiger partial charge in [-0.2, -0.15) is 0 Å². The molecule has 1 fully saturated rings. The molecule has 1 aromatic rings. The first-order chi connectivity index (χ1) is 8.77. The van der Waals surface area contributed by atoms with Gasteiger partial charge in [-0.05, 0) is 32.2 Å². The summed E-state index contributed by atoms with van der Waals surface area (Å²) in [6, 6.07) is 0.283. The molecule has 0 aliphatic heterocycles. The molecule has 0 bridgehead atoms. The van der Waals surface area contributed by atoms with Gasteiger partial charge in [0.2, 0.25) is 0 Å². The van der Waals surface area contributed by atoms with Crippen molar-refractivity contribution in [3.63, 3.8) is 0 Å². The number of aromatic nitrogens is 2. The van der Waals surface area contributed by atoms with Crippen molar-refractivity contribution < 1.29 is 9.53 Å². The molecule has 1 aliphatic carbocycles. The van der Waals surface area contributed by atoms with E-state index in [4.69, 9.17) is 10.5 Å². The van der Waals surface area contributed by atoms with Gasteiger partial charge in [0.05, 0.1) is 19.1 Å². The van der Waals surface area contributed by atoms with Crippen LogP contribution in [-0.4, -0.2) is 28.7 Å². The summed E-state index contributed by atoms with van der Waals surface area (Å²) in [6.45, 7) is 2.85. The first-order valence-electron chi connectivity index (χ1n) is 6.67. The number of carbonyl (C=O) groups is 1. The van der Waals surface area contributed by atoms with Crippen LogP contribution in [-0.2, 0) is 4.74 Å². The Kier molecular flexibility index (Phi) is 4.36. The Morgan fingerprint density at radius 2 is 2.33 bits per heavy atom. The van der Waals surface area contributed by atoms with E-state index in [-0.39, 0.29) is 12.0 Å². The number of hydrogen-bond acceptors (Lipinski definition) is 4. The summed E-state index contributed by atoms with van der Waals surface area (Å²) in [6.07, 6.45) is 7.90. The molecule has 5 nitrogen and oxygen atoms in total. The third-order valence-corrected chi connectivity index (χ3v) is 3.68. The van der Waals surface area contributed by atoms with E-state index in [9.17, 15) is 4.79 Å². The van der Waals surface area contributed by atoms with Gasteiger partial charge in [0.25, 0.3) is 0 Å². The Hall–Kier alpha value is -1.36. The summed E-state index contributed by atoms with van der Waals surface area (Å²) < 4.78 is 7.01. The summed E-state index contributed by atoms with van der Waals surface area (Å²) in [5, 5.41) is 0. The van der Waals surface area contributed by atoms with E-state index >= 15 is 0 Å². The highest BCUT2D eigenvalue weighted by atomic mass is 16.5. The van der Waals surface area contributed by atoms with Crippen LogP contribution in [0, 0.1) is 5.92 Å². The van der Waals surface area contributed by atoms with Crippen LogP contribution in [0.15, 0.2) is 12.5 Å².